The molecular formula is C16H20F3N3O4. The van der Waals surface area contributed by atoms with Gasteiger partial charge < -0.3 is 20.4 Å². The molecule has 0 bridgehead atoms. The molecule has 1 saturated heterocycles. The predicted molar refractivity (Wildman–Crippen MR) is 84.4 cm³/mol. The van der Waals surface area contributed by atoms with Gasteiger partial charge in [-0.1, -0.05) is 6.92 Å². The van der Waals surface area contributed by atoms with Gasteiger partial charge in [0.15, 0.2) is 0 Å². The zero-order valence-corrected chi connectivity index (χ0v) is 14.6. The predicted octanol–water partition coefficient (Wildman–Crippen LogP) is 1.41. The Morgan fingerprint density at radius 3 is 2.35 bits per heavy atom. The van der Waals surface area contributed by atoms with Crippen molar-refractivity contribution in [2.24, 2.45) is 17.6 Å². The van der Waals surface area contributed by atoms with E-state index in [9.17, 15) is 27.6 Å². The van der Waals surface area contributed by atoms with Gasteiger partial charge in [0, 0.05) is 18.8 Å². The van der Waals surface area contributed by atoms with Crippen LogP contribution in [0.15, 0.2) is 0 Å². The highest BCUT2D eigenvalue weighted by molar-refractivity contribution is 6.01. The molecular weight excluding hydrogens is 355 g/mol. The van der Waals surface area contributed by atoms with Crippen LogP contribution in [0.2, 0.25) is 0 Å². The van der Waals surface area contributed by atoms with E-state index in [1.807, 2.05) is 0 Å². The standard InChI is InChI=1S/C16H20F3N3O4/c1-4-10-11(15(25)26-3)7(2)12(21-10)14(24)22-5-8(13(20)23)9(6-22)16(17,18)19/h8-9,21H,4-6H2,1-3H3,(H2,20,23)/t8-,9-/m1/s1. The summed E-state index contributed by atoms with van der Waals surface area (Å²) in [5, 5.41) is 0. The van der Waals surface area contributed by atoms with Gasteiger partial charge in [0.1, 0.15) is 5.69 Å². The lowest BCUT2D eigenvalue weighted by atomic mass is 9.95. The lowest BCUT2D eigenvalue weighted by molar-refractivity contribution is -0.182. The number of ether oxygens (including phenoxy) is 1. The van der Waals surface area contributed by atoms with Crippen molar-refractivity contribution < 1.29 is 32.3 Å². The van der Waals surface area contributed by atoms with Crippen LogP contribution in [0.5, 0.6) is 0 Å². The number of aromatic amines is 1. The first-order chi connectivity index (χ1) is 12.0. The van der Waals surface area contributed by atoms with Gasteiger partial charge in [-0.25, -0.2) is 4.79 Å². The number of likely N-dealkylation sites (tertiary alicyclic amines) is 1. The number of aromatic nitrogens is 1. The topological polar surface area (TPSA) is 105 Å². The number of halogens is 3. The fraction of sp³-hybridized carbons (Fsp3) is 0.562. The fourth-order valence-electron chi connectivity index (χ4n) is 3.26. The van der Waals surface area contributed by atoms with Crippen LogP contribution in [0, 0.1) is 18.8 Å². The Morgan fingerprint density at radius 2 is 1.92 bits per heavy atom. The summed E-state index contributed by atoms with van der Waals surface area (Å²) >= 11 is 0. The Kier molecular flexibility index (Phi) is 5.33. The molecule has 1 aliphatic heterocycles. The molecule has 1 aromatic heterocycles. The second-order valence-electron chi connectivity index (χ2n) is 6.19. The Balaban J connectivity index is 2.37. The van der Waals surface area contributed by atoms with Gasteiger partial charge in [0.2, 0.25) is 5.91 Å². The number of H-pyrrole nitrogens is 1. The summed E-state index contributed by atoms with van der Waals surface area (Å²) in [6.07, 6.45) is -4.25. The highest BCUT2D eigenvalue weighted by atomic mass is 19.4. The number of aryl methyl sites for hydroxylation is 1. The highest BCUT2D eigenvalue weighted by Crippen LogP contribution is 2.38. The molecule has 10 heteroatoms. The molecule has 7 nitrogen and oxygen atoms in total. The van der Waals surface area contributed by atoms with Gasteiger partial charge in [0.05, 0.1) is 24.5 Å². The summed E-state index contributed by atoms with van der Waals surface area (Å²) < 4.78 is 44.1. The molecule has 0 aliphatic carbocycles. The number of nitrogens with zero attached hydrogens (tertiary/aromatic N) is 1. The van der Waals surface area contributed by atoms with Crippen LogP contribution in [0.3, 0.4) is 0 Å². The fourth-order valence-corrected chi connectivity index (χ4v) is 3.26. The van der Waals surface area contributed by atoms with Crippen LogP contribution in [-0.4, -0.2) is 54.0 Å². The molecule has 0 aromatic carbocycles. The summed E-state index contributed by atoms with van der Waals surface area (Å²) in [5.41, 5.74) is 6.03. The zero-order valence-electron chi connectivity index (χ0n) is 14.6. The van der Waals surface area contributed by atoms with Crippen molar-refractivity contribution in [3.63, 3.8) is 0 Å². The minimum absolute atomic E-state index is 0.00768. The number of methoxy groups -OCH3 is 1. The Hall–Kier alpha value is -2.52. The largest absolute Gasteiger partial charge is 0.465 e. The van der Waals surface area contributed by atoms with Gasteiger partial charge >= 0.3 is 12.1 Å². The number of esters is 1. The molecule has 0 saturated carbocycles. The van der Waals surface area contributed by atoms with E-state index < -0.39 is 48.9 Å². The minimum atomic E-state index is -4.65. The van der Waals surface area contributed by atoms with Gasteiger partial charge in [0.25, 0.3) is 5.91 Å². The number of nitrogens with two attached hydrogens (primary N) is 1. The van der Waals surface area contributed by atoms with Crippen molar-refractivity contribution in [2.45, 2.75) is 26.4 Å². The van der Waals surface area contributed by atoms with Gasteiger partial charge in [-0.05, 0) is 18.9 Å². The maximum Gasteiger partial charge on any atom is 0.394 e. The van der Waals surface area contributed by atoms with Crippen LogP contribution in [0.25, 0.3) is 0 Å². The molecule has 1 aromatic rings. The first-order valence-corrected chi connectivity index (χ1v) is 7.97. The normalized spacial score (nSPS) is 20.3. The SMILES string of the molecule is CCc1[nH]c(C(=O)N2C[C@@H](C(F)(F)F)[C@H](C(N)=O)C2)c(C)c1C(=O)OC. The summed E-state index contributed by atoms with van der Waals surface area (Å²) in [7, 11) is 1.20. The quantitative estimate of drug-likeness (QED) is 0.776. The molecule has 3 N–H and O–H groups in total. The molecule has 2 heterocycles. The van der Waals surface area contributed by atoms with Crippen molar-refractivity contribution in [3.8, 4) is 0 Å². The number of primary amides is 1. The average Bonchev–Trinajstić information content (AvgIpc) is 3.15. The van der Waals surface area contributed by atoms with E-state index in [1.165, 1.54) is 14.0 Å². The summed E-state index contributed by atoms with van der Waals surface area (Å²) in [6.45, 7) is 2.18. The monoisotopic (exact) mass is 375 g/mol. The molecule has 26 heavy (non-hydrogen) atoms. The molecule has 2 amide bonds. The average molecular weight is 375 g/mol. The van der Waals surface area contributed by atoms with E-state index in [2.05, 4.69) is 4.98 Å². The maximum atomic E-state index is 13.1. The third-order valence-electron chi connectivity index (χ3n) is 4.68. The van der Waals surface area contributed by atoms with Crippen molar-refractivity contribution in [1.29, 1.82) is 0 Å². The van der Waals surface area contributed by atoms with Crippen LogP contribution < -0.4 is 5.73 Å². The van der Waals surface area contributed by atoms with Crippen molar-refractivity contribution >= 4 is 17.8 Å². The van der Waals surface area contributed by atoms with Crippen molar-refractivity contribution in [3.05, 3.63) is 22.5 Å². The lowest BCUT2D eigenvalue weighted by Gasteiger charge is -2.18. The van der Waals surface area contributed by atoms with Crippen LogP contribution in [-0.2, 0) is 16.0 Å². The van der Waals surface area contributed by atoms with Gasteiger partial charge in [-0.2, -0.15) is 13.2 Å². The second-order valence-corrected chi connectivity index (χ2v) is 6.19. The van der Waals surface area contributed by atoms with E-state index in [0.717, 1.165) is 4.90 Å². The Labute approximate surface area is 147 Å². The van der Waals surface area contributed by atoms with E-state index in [4.69, 9.17) is 10.5 Å². The molecule has 2 atom stereocenters. The zero-order chi connectivity index (χ0) is 19.8. The molecule has 0 unspecified atom stereocenters. The van der Waals surface area contributed by atoms with E-state index >= 15 is 0 Å². The van der Waals surface area contributed by atoms with E-state index in [-0.39, 0.29) is 11.3 Å². The van der Waals surface area contributed by atoms with Gasteiger partial charge in [-0.3, -0.25) is 9.59 Å². The number of nitrogens with one attached hydrogen (secondary N) is 1. The van der Waals surface area contributed by atoms with Crippen LogP contribution in [0.4, 0.5) is 13.2 Å². The first-order valence-electron chi connectivity index (χ1n) is 7.97. The third-order valence-corrected chi connectivity index (χ3v) is 4.68. The summed E-state index contributed by atoms with van der Waals surface area (Å²) in [5.74, 6) is -5.97. The Bertz CT molecular complexity index is 742. The highest BCUT2D eigenvalue weighted by Gasteiger charge is 2.53. The number of hydrogen-bond acceptors (Lipinski definition) is 4. The molecule has 1 aliphatic rings. The number of alkyl halides is 3. The number of amides is 2. The van der Waals surface area contributed by atoms with Crippen molar-refractivity contribution in [1.82, 2.24) is 9.88 Å². The molecule has 144 valence electrons. The molecule has 2 rings (SSSR count). The van der Waals surface area contributed by atoms with Crippen LogP contribution in [0.1, 0.15) is 39.0 Å². The second kappa shape index (κ2) is 7.00. The number of carbonyl (C=O) groups is 3. The third kappa shape index (κ3) is 3.40. The smallest absolute Gasteiger partial charge is 0.394 e. The molecule has 0 radical (unpaired) electrons. The van der Waals surface area contributed by atoms with Crippen LogP contribution >= 0.6 is 0 Å². The number of rotatable bonds is 4. The number of carbonyl (C=O) groups excluding carboxylic acids is 3. The summed E-state index contributed by atoms with van der Waals surface area (Å²) in [6, 6.07) is 0. The summed E-state index contributed by atoms with van der Waals surface area (Å²) in [4.78, 5) is 39.8. The van der Waals surface area contributed by atoms with E-state index in [1.54, 1.807) is 6.92 Å². The van der Waals surface area contributed by atoms with Gasteiger partial charge in [-0.15, -0.1) is 0 Å². The Morgan fingerprint density at radius 1 is 1.31 bits per heavy atom. The first kappa shape index (κ1) is 19.8. The lowest BCUT2D eigenvalue weighted by Crippen LogP contribution is -2.37. The van der Waals surface area contributed by atoms with Crippen molar-refractivity contribution in [2.75, 3.05) is 20.2 Å². The number of hydrogen-bond donors (Lipinski definition) is 2. The molecule has 1 fully saturated rings. The maximum absolute atomic E-state index is 13.1. The molecule has 0 spiro atoms. The minimum Gasteiger partial charge on any atom is -0.465 e. The van der Waals surface area contributed by atoms with E-state index in [0.29, 0.717) is 17.7 Å².